The molecule has 7 heteroatoms. The van der Waals surface area contributed by atoms with Crippen molar-refractivity contribution in [2.75, 3.05) is 18.6 Å². The van der Waals surface area contributed by atoms with E-state index in [0.29, 0.717) is 16.6 Å². The number of nitrogens with zero attached hydrogens (tertiary/aromatic N) is 3. The predicted molar refractivity (Wildman–Crippen MR) is 79.3 cm³/mol. The number of methoxy groups -OCH3 is 1. The summed E-state index contributed by atoms with van der Waals surface area (Å²) in [5.41, 5.74) is 1.63. The van der Waals surface area contributed by atoms with Crippen molar-refractivity contribution in [3.05, 3.63) is 11.1 Å². The van der Waals surface area contributed by atoms with Crippen LogP contribution in [0.15, 0.2) is 6.33 Å². The van der Waals surface area contributed by atoms with Crippen LogP contribution in [-0.4, -0.2) is 38.1 Å². The molecule has 0 unspecified atom stereocenters. The van der Waals surface area contributed by atoms with Gasteiger partial charge in [-0.05, 0) is 42.5 Å². The van der Waals surface area contributed by atoms with E-state index in [2.05, 4.69) is 19.5 Å². The van der Waals surface area contributed by atoms with E-state index in [4.69, 9.17) is 17.0 Å². The van der Waals surface area contributed by atoms with Gasteiger partial charge in [-0.3, -0.25) is 0 Å². The average Bonchev–Trinajstić information content (AvgIpc) is 2.76. The fourth-order valence-electron chi connectivity index (χ4n) is 2.46. The first kappa shape index (κ1) is 12.9. The molecule has 0 atom stereocenters. The molecule has 0 spiro atoms. The van der Waals surface area contributed by atoms with Gasteiger partial charge in [0.25, 0.3) is 0 Å². The van der Waals surface area contributed by atoms with E-state index in [1.807, 2.05) is 11.8 Å². The van der Waals surface area contributed by atoms with Crippen LogP contribution in [-0.2, 0) is 6.54 Å². The molecule has 1 saturated heterocycles. The van der Waals surface area contributed by atoms with Crippen molar-refractivity contribution in [1.82, 2.24) is 19.5 Å². The lowest BCUT2D eigenvalue weighted by Crippen LogP contribution is -2.16. The van der Waals surface area contributed by atoms with Crippen LogP contribution < -0.4 is 4.74 Å². The number of hydrogen-bond donors (Lipinski definition) is 1. The number of aromatic nitrogens is 4. The van der Waals surface area contributed by atoms with Gasteiger partial charge in [-0.25, -0.2) is 4.98 Å². The normalized spacial score (nSPS) is 16.9. The van der Waals surface area contributed by atoms with E-state index >= 15 is 0 Å². The molecule has 0 aliphatic carbocycles. The molecule has 1 N–H and O–H groups in total. The fraction of sp³-hybridized carbons (Fsp3) is 0.583. The van der Waals surface area contributed by atoms with Crippen LogP contribution in [0.1, 0.15) is 12.8 Å². The Kier molecular flexibility index (Phi) is 3.74. The molecular weight excluding hydrogens is 280 g/mol. The van der Waals surface area contributed by atoms with E-state index in [9.17, 15) is 0 Å². The zero-order valence-electron chi connectivity index (χ0n) is 10.8. The number of hydrogen-bond acceptors (Lipinski definition) is 5. The predicted octanol–water partition coefficient (Wildman–Crippen LogP) is 2.64. The van der Waals surface area contributed by atoms with Gasteiger partial charge in [0.05, 0.1) is 7.11 Å². The maximum Gasteiger partial charge on any atom is 0.242 e. The van der Waals surface area contributed by atoms with Crippen LogP contribution in [0.3, 0.4) is 0 Å². The third kappa shape index (κ3) is 2.49. The number of aromatic amines is 1. The molecule has 0 amide bonds. The van der Waals surface area contributed by atoms with Crippen LogP contribution >= 0.6 is 24.0 Å². The summed E-state index contributed by atoms with van der Waals surface area (Å²) in [7, 11) is 1.61. The first-order chi connectivity index (χ1) is 9.29. The van der Waals surface area contributed by atoms with Gasteiger partial charge in [-0.2, -0.15) is 16.7 Å². The second kappa shape index (κ2) is 5.50. The number of thioether (sulfide) groups is 1. The summed E-state index contributed by atoms with van der Waals surface area (Å²) in [5, 5.41) is 0. The summed E-state index contributed by atoms with van der Waals surface area (Å²) < 4.78 is 8.02. The van der Waals surface area contributed by atoms with Crippen molar-refractivity contribution in [2.24, 2.45) is 5.92 Å². The zero-order valence-corrected chi connectivity index (χ0v) is 12.4. The third-order valence-corrected chi connectivity index (χ3v) is 4.87. The molecule has 0 saturated carbocycles. The van der Waals surface area contributed by atoms with Crippen molar-refractivity contribution >= 4 is 35.1 Å². The van der Waals surface area contributed by atoms with Crippen molar-refractivity contribution in [2.45, 2.75) is 19.4 Å². The summed E-state index contributed by atoms with van der Waals surface area (Å²) in [6.07, 6.45) is 4.03. The lowest BCUT2D eigenvalue weighted by atomic mass is 10.0. The molecule has 0 radical (unpaired) electrons. The van der Waals surface area contributed by atoms with Gasteiger partial charge in [0.1, 0.15) is 11.8 Å². The SMILES string of the molecule is COc1ncnc2c1[nH]c(=S)n2CC1CCSCC1. The number of H-pyrrole nitrogens is 1. The molecular formula is C12H16N4OS2. The summed E-state index contributed by atoms with van der Waals surface area (Å²) in [4.78, 5) is 11.6. The Morgan fingerprint density at radius 1 is 1.47 bits per heavy atom. The Labute approximate surface area is 120 Å². The van der Waals surface area contributed by atoms with Gasteiger partial charge in [-0.1, -0.05) is 0 Å². The van der Waals surface area contributed by atoms with Crippen molar-refractivity contribution < 1.29 is 4.74 Å². The van der Waals surface area contributed by atoms with Crippen molar-refractivity contribution in [3.63, 3.8) is 0 Å². The molecule has 2 aromatic heterocycles. The highest BCUT2D eigenvalue weighted by Crippen LogP contribution is 2.26. The standard InChI is InChI=1S/C12H16N4OS2/c1-17-11-9-10(13-7-14-11)16(12(18)15-9)6-8-2-4-19-5-3-8/h7-8H,2-6H2,1H3,(H,15,18). The number of nitrogens with one attached hydrogen (secondary N) is 1. The molecule has 3 heterocycles. The van der Waals surface area contributed by atoms with Crippen LogP contribution in [0, 0.1) is 10.7 Å². The van der Waals surface area contributed by atoms with Crippen LogP contribution in [0.5, 0.6) is 5.88 Å². The number of ether oxygens (including phenoxy) is 1. The molecule has 1 fully saturated rings. The minimum atomic E-state index is 0.550. The Balaban J connectivity index is 1.98. The molecule has 102 valence electrons. The smallest absolute Gasteiger partial charge is 0.242 e. The average molecular weight is 296 g/mol. The highest BCUT2D eigenvalue weighted by Gasteiger charge is 2.18. The second-order valence-electron chi connectivity index (χ2n) is 4.68. The Bertz CT molecular complexity index is 630. The topological polar surface area (TPSA) is 55.7 Å². The number of rotatable bonds is 3. The summed E-state index contributed by atoms with van der Waals surface area (Å²) in [6.45, 7) is 0.930. The van der Waals surface area contributed by atoms with Crippen molar-refractivity contribution in [1.29, 1.82) is 0 Å². The van der Waals surface area contributed by atoms with Gasteiger partial charge >= 0.3 is 0 Å². The van der Waals surface area contributed by atoms with Crippen LogP contribution in [0.25, 0.3) is 11.2 Å². The van der Waals surface area contributed by atoms with Gasteiger partial charge in [0.15, 0.2) is 10.4 Å². The lowest BCUT2D eigenvalue weighted by Gasteiger charge is -2.21. The number of imidazole rings is 1. The minimum absolute atomic E-state index is 0.550. The summed E-state index contributed by atoms with van der Waals surface area (Å²) in [6, 6.07) is 0. The van der Waals surface area contributed by atoms with Crippen molar-refractivity contribution in [3.8, 4) is 5.88 Å². The highest BCUT2D eigenvalue weighted by molar-refractivity contribution is 7.99. The first-order valence-corrected chi connectivity index (χ1v) is 7.91. The van der Waals surface area contributed by atoms with Gasteiger partial charge in [-0.15, -0.1) is 0 Å². The van der Waals surface area contributed by atoms with E-state index in [-0.39, 0.29) is 0 Å². The molecule has 2 aromatic rings. The van der Waals surface area contributed by atoms with Gasteiger partial charge < -0.3 is 14.3 Å². The maximum absolute atomic E-state index is 5.41. The van der Waals surface area contributed by atoms with E-state index < -0.39 is 0 Å². The lowest BCUT2D eigenvalue weighted by molar-refractivity contribution is 0.401. The van der Waals surface area contributed by atoms with E-state index in [1.165, 1.54) is 30.7 Å². The van der Waals surface area contributed by atoms with E-state index in [1.54, 1.807) is 7.11 Å². The van der Waals surface area contributed by atoms with Crippen LogP contribution in [0.4, 0.5) is 0 Å². The Hall–Kier alpha value is -1.08. The number of fused-ring (bicyclic) bond motifs is 1. The zero-order chi connectivity index (χ0) is 13.2. The Morgan fingerprint density at radius 2 is 2.26 bits per heavy atom. The second-order valence-corrected chi connectivity index (χ2v) is 6.29. The summed E-state index contributed by atoms with van der Waals surface area (Å²) >= 11 is 7.44. The molecule has 5 nitrogen and oxygen atoms in total. The third-order valence-electron chi connectivity index (χ3n) is 3.50. The minimum Gasteiger partial charge on any atom is -0.479 e. The molecule has 19 heavy (non-hydrogen) atoms. The molecule has 3 rings (SSSR count). The van der Waals surface area contributed by atoms with Gasteiger partial charge in [0.2, 0.25) is 5.88 Å². The first-order valence-electron chi connectivity index (χ1n) is 6.35. The monoisotopic (exact) mass is 296 g/mol. The van der Waals surface area contributed by atoms with E-state index in [0.717, 1.165) is 17.7 Å². The van der Waals surface area contributed by atoms with Crippen LogP contribution in [0.2, 0.25) is 0 Å². The quantitative estimate of drug-likeness (QED) is 0.882. The Morgan fingerprint density at radius 3 is 3.00 bits per heavy atom. The molecule has 0 aromatic carbocycles. The molecule has 0 bridgehead atoms. The fourth-order valence-corrected chi connectivity index (χ4v) is 3.92. The molecule has 1 aliphatic rings. The largest absolute Gasteiger partial charge is 0.479 e. The highest BCUT2D eigenvalue weighted by atomic mass is 32.2. The maximum atomic E-state index is 5.41. The summed E-state index contributed by atoms with van der Waals surface area (Å²) in [5.74, 6) is 3.74. The molecule has 1 aliphatic heterocycles. The van der Waals surface area contributed by atoms with Gasteiger partial charge in [0, 0.05) is 6.54 Å².